The Hall–Kier alpha value is -3.42. The Morgan fingerprint density at radius 1 is 1.10 bits per heavy atom. The molecule has 0 unspecified atom stereocenters. The first kappa shape index (κ1) is 21.9. The average Bonchev–Trinajstić information content (AvgIpc) is 2.70. The Kier molecular flexibility index (Phi) is 7.70. The minimum Gasteiger partial charge on any atom is -0.493 e. The third kappa shape index (κ3) is 6.31. The van der Waals surface area contributed by atoms with Crippen LogP contribution in [0, 0.1) is 11.6 Å². The summed E-state index contributed by atoms with van der Waals surface area (Å²) in [5.41, 5.74) is 0.718. The van der Waals surface area contributed by atoms with Crippen molar-refractivity contribution in [1.29, 1.82) is 0 Å². The number of hydrogen-bond donors (Lipinski definition) is 1. The van der Waals surface area contributed by atoms with E-state index in [0.29, 0.717) is 23.7 Å². The molecule has 2 aromatic carbocycles. The summed E-state index contributed by atoms with van der Waals surface area (Å²) in [5.74, 6) is -2.45. The lowest BCUT2D eigenvalue weighted by molar-refractivity contribution is -0.148. The van der Waals surface area contributed by atoms with E-state index in [1.807, 2.05) is 6.92 Å². The first-order chi connectivity index (χ1) is 13.8. The largest absolute Gasteiger partial charge is 0.493 e. The minimum atomic E-state index is -1.14. The number of ether oxygens (including phenoxy) is 3. The van der Waals surface area contributed by atoms with E-state index < -0.39 is 29.6 Å². The van der Waals surface area contributed by atoms with Crippen LogP contribution in [0.2, 0.25) is 0 Å². The number of methoxy groups -OCH3 is 1. The summed E-state index contributed by atoms with van der Waals surface area (Å²) in [6.45, 7) is 3.70. The molecule has 1 N–H and O–H groups in total. The molecular weight excluding hydrogens is 384 g/mol. The topological polar surface area (TPSA) is 73.9 Å². The van der Waals surface area contributed by atoms with E-state index in [9.17, 15) is 18.4 Å². The molecule has 1 amide bonds. The molecule has 0 radical (unpaired) electrons. The summed E-state index contributed by atoms with van der Waals surface area (Å²) in [4.78, 5) is 24.0. The fraction of sp³-hybridized carbons (Fsp3) is 0.238. The fourth-order valence-electron chi connectivity index (χ4n) is 2.31. The molecule has 0 aliphatic rings. The van der Waals surface area contributed by atoms with Crippen molar-refractivity contribution in [2.45, 2.75) is 20.0 Å². The predicted octanol–water partition coefficient (Wildman–Crippen LogP) is 3.96. The second kappa shape index (κ2) is 10.2. The van der Waals surface area contributed by atoms with Crippen LogP contribution in [-0.4, -0.2) is 31.7 Å². The Bertz CT molecular complexity index is 914. The van der Waals surface area contributed by atoms with Crippen LogP contribution >= 0.6 is 0 Å². The van der Waals surface area contributed by atoms with Crippen molar-refractivity contribution in [3.63, 3.8) is 0 Å². The molecule has 2 rings (SSSR count). The van der Waals surface area contributed by atoms with Crippen molar-refractivity contribution in [3.05, 3.63) is 59.7 Å². The first-order valence-corrected chi connectivity index (χ1v) is 8.79. The maximum atomic E-state index is 13.2. The monoisotopic (exact) mass is 405 g/mol. The zero-order chi connectivity index (χ0) is 21.4. The van der Waals surface area contributed by atoms with E-state index in [1.54, 1.807) is 18.2 Å². The number of halogens is 2. The van der Waals surface area contributed by atoms with Gasteiger partial charge in [0.2, 0.25) is 0 Å². The van der Waals surface area contributed by atoms with Crippen LogP contribution in [0.4, 0.5) is 14.5 Å². The zero-order valence-corrected chi connectivity index (χ0v) is 16.2. The molecule has 0 heterocycles. The van der Waals surface area contributed by atoms with E-state index in [4.69, 9.17) is 14.2 Å². The SMILES string of the molecule is CCOc1ccc(/C=C/C(=O)O[C@@H](C)C(=O)Nc2ccc(F)c(F)c2)cc1OC. The van der Waals surface area contributed by atoms with E-state index in [-0.39, 0.29) is 5.69 Å². The van der Waals surface area contributed by atoms with Gasteiger partial charge in [-0.3, -0.25) is 4.79 Å². The summed E-state index contributed by atoms with van der Waals surface area (Å²) in [6.07, 6.45) is 1.52. The first-order valence-electron chi connectivity index (χ1n) is 8.79. The molecule has 0 aromatic heterocycles. The highest BCUT2D eigenvalue weighted by Gasteiger charge is 2.17. The molecule has 0 aliphatic heterocycles. The van der Waals surface area contributed by atoms with Crippen LogP contribution in [0.25, 0.3) is 6.08 Å². The summed E-state index contributed by atoms with van der Waals surface area (Å²) in [7, 11) is 1.51. The van der Waals surface area contributed by atoms with Crippen molar-refractivity contribution in [3.8, 4) is 11.5 Å². The van der Waals surface area contributed by atoms with Crippen molar-refractivity contribution >= 4 is 23.6 Å². The van der Waals surface area contributed by atoms with Gasteiger partial charge in [-0.05, 0) is 49.8 Å². The van der Waals surface area contributed by atoms with Crippen LogP contribution in [0.1, 0.15) is 19.4 Å². The maximum Gasteiger partial charge on any atom is 0.331 e. The summed E-state index contributed by atoms with van der Waals surface area (Å²) < 4.78 is 41.8. The van der Waals surface area contributed by atoms with Gasteiger partial charge in [-0.2, -0.15) is 0 Å². The fourth-order valence-corrected chi connectivity index (χ4v) is 2.31. The molecule has 0 aliphatic carbocycles. The van der Waals surface area contributed by atoms with Crippen LogP contribution in [0.15, 0.2) is 42.5 Å². The van der Waals surface area contributed by atoms with Gasteiger partial charge in [0.1, 0.15) is 0 Å². The number of hydrogen-bond acceptors (Lipinski definition) is 5. The third-order valence-electron chi connectivity index (χ3n) is 3.75. The highest BCUT2D eigenvalue weighted by atomic mass is 19.2. The van der Waals surface area contributed by atoms with E-state index >= 15 is 0 Å². The van der Waals surface area contributed by atoms with Crippen LogP contribution in [-0.2, 0) is 14.3 Å². The summed E-state index contributed by atoms with van der Waals surface area (Å²) in [5, 5.41) is 2.34. The molecule has 0 bridgehead atoms. The van der Waals surface area contributed by atoms with Gasteiger partial charge in [0.05, 0.1) is 13.7 Å². The third-order valence-corrected chi connectivity index (χ3v) is 3.75. The van der Waals surface area contributed by atoms with Crippen LogP contribution in [0.3, 0.4) is 0 Å². The Labute approximate surface area is 167 Å². The summed E-state index contributed by atoms with van der Waals surface area (Å²) in [6, 6.07) is 8.05. The number of carbonyl (C=O) groups is 2. The average molecular weight is 405 g/mol. The lowest BCUT2D eigenvalue weighted by atomic mass is 10.2. The predicted molar refractivity (Wildman–Crippen MR) is 104 cm³/mol. The number of esters is 1. The van der Waals surface area contributed by atoms with Crippen molar-refractivity contribution in [2.75, 3.05) is 19.0 Å². The number of benzene rings is 2. The number of anilines is 1. The highest BCUT2D eigenvalue weighted by molar-refractivity contribution is 5.96. The molecule has 29 heavy (non-hydrogen) atoms. The van der Waals surface area contributed by atoms with Gasteiger partial charge in [-0.25, -0.2) is 13.6 Å². The van der Waals surface area contributed by atoms with Gasteiger partial charge in [-0.1, -0.05) is 6.07 Å². The standard InChI is InChI=1S/C21H21F2NO5/c1-4-28-18-9-5-14(11-19(18)27-3)6-10-20(25)29-13(2)21(26)24-15-7-8-16(22)17(23)12-15/h5-13H,4H2,1-3H3,(H,24,26)/b10-6+/t13-/m0/s1. The lowest BCUT2D eigenvalue weighted by Gasteiger charge is -2.12. The van der Waals surface area contributed by atoms with Crippen LogP contribution < -0.4 is 14.8 Å². The van der Waals surface area contributed by atoms with E-state index in [0.717, 1.165) is 18.2 Å². The van der Waals surface area contributed by atoms with Gasteiger partial charge in [0, 0.05) is 17.8 Å². The van der Waals surface area contributed by atoms with Crippen molar-refractivity contribution in [2.24, 2.45) is 0 Å². The zero-order valence-electron chi connectivity index (χ0n) is 16.2. The Morgan fingerprint density at radius 3 is 2.52 bits per heavy atom. The Morgan fingerprint density at radius 2 is 1.86 bits per heavy atom. The minimum absolute atomic E-state index is 0.0498. The van der Waals surface area contributed by atoms with Gasteiger partial charge in [0.15, 0.2) is 29.2 Å². The van der Waals surface area contributed by atoms with Crippen LogP contribution in [0.5, 0.6) is 11.5 Å². The molecule has 6 nitrogen and oxygen atoms in total. The lowest BCUT2D eigenvalue weighted by Crippen LogP contribution is -2.29. The van der Waals surface area contributed by atoms with Gasteiger partial charge in [0.25, 0.3) is 5.91 Å². The second-order valence-electron chi connectivity index (χ2n) is 5.87. The molecule has 0 fully saturated rings. The van der Waals surface area contributed by atoms with Gasteiger partial charge in [-0.15, -0.1) is 0 Å². The number of amides is 1. The molecule has 0 saturated carbocycles. The Balaban J connectivity index is 1.95. The number of rotatable bonds is 8. The molecule has 0 spiro atoms. The van der Waals surface area contributed by atoms with E-state index in [1.165, 1.54) is 26.2 Å². The maximum absolute atomic E-state index is 13.2. The quantitative estimate of drug-likeness (QED) is 0.532. The van der Waals surface area contributed by atoms with Crippen molar-refractivity contribution in [1.82, 2.24) is 0 Å². The van der Waals surface area contributed by atoms with Gasteiger partial charge < -0.3 is 19.5 Å². The van der Waals surface area contributed by atoms with Crippen molar-refractivity contribution < 1.29 is 32.6 Å². The number of nitrogens with one attached hydrogen (secondary N) is 1. The molecule has 8 heteroatoms. The molecule has 154 valence electrons. The second-order valence-corrected chi connectivity index (χ2v) is 5.87. The molecular formula is C21H21F2NO5. The number of carbonyl (C=O) groups excluding carboxylic acids is 2. The normalized spacial score (nSPS) is 11.8. The summed E-state index contributed by atoms with van der Waals surface area (Å²) >= 11 is 0. The smallest absolute Gasteiger partial charge is 0.331 e. The highest BCUT2D eigenvalue weighted by Crippen LogP contribution is 2.28. The molecule has 0 saturated heterocycles. The van der Waals surface area contributed by atoms with E-state index in [2.05, 4.69) is 5.32 Å². The molecule has 1 atom stereocenters. The van der Waals surface area contributed by atoms with Gasteiger partial charge >= 0.3 is 5.97 Å². The molecule has 2 aromatic rings.